The summed E-state index contributed by atoms with van der Waals surface area (Å²) in [5, 5.41) is 2.45. The van der Waals surface area contributed by atoms with Gasteiger partial charge in [-0.05, 0) is 34.5 Å². The van der Waals surface area contributed by atoms with Gasteiger partial charge in [0.15, 0.2) is 0 Å². The molecule has 82 valence electrons. The van der Waals surface area contributed by atoms with Gasteiger partial charge in [-0.3, -0.25) is 15.0 Å². The third-order valence-corrected chi connectivity index (χ3v) is 3.31. The molecule has 7 heteroatoms. The van der Waals surface area contributed by atoms with Gasteiger partial charge in [0.25, 0.3) is 0 Å². The van der Waals surface area contributed by atoms with Gasteiger partial charge in [0, 0.05) is 11.4 Å². The van der Waals surface area contributed by atoms with Crippen molar-refractivity contribution in [2.45, 2.75) is 6.42 Å². The van der Waals surface area contributed by atoms with E-state index >= 15 is 0 Å². The molecular weight excluding hydrogens is 282 g/mol. The lowest BCUT2D eigenvalue weighted by atomic mass is 10.3. The van der Waals surface area contributed by atoms with Gasteiger partial charge in [-0.15, -0.1) is 11.3 Å². The highest BCUT2D eigenvalue weighted by Crippen LogP contribution is 2.21. The summed E-state index contributed by atoms with van der Waals surface area (Å²) in [6.07, 6.45) is 0.694. The normalized spacial score (nSPS) is 9.73. The number of carbonyl (C=O) groups excluding carboxylic acids is 2. The molecule has 0 aliphatic heterocycles. The maximum absolute atomic E-state index is 11.0. The summed E-state index contributed by atoms with van der Waals surface area (Å²) in [5.41, 5.74) is 1.76. The van der Waals surface area contributed by atoms with Crippen LogP contribution in [0.3, 0.4) is 0 Å². The van der Waals surface area contributed by atoms with E-state index in [-0.39, 0.29) is 0 Å². The Morgan fingerprint density at radius 3 is 2.67 bits per heavy atom. The second kappa shape index (κ2) is 5.84. The second-order valence-electron chi connectivity index (χ2n) is 2.69. The number of carbonyl (C=O) groups is 2. The molecular formula is C8H10BrN3O2S. The molecule has 1 rings (SSSR count). The molecule has 2 amide bonds. The highest BCUT2D eigenvalue weighted by Gasteiger charge is 2.10. The quantitative estimate of drug-likeness (QED) is 0.321. The standard InChI is InChI=1S/C8H10BrN3O2S/c9-6-2-1-5(15-6)3-4-11-7(13)8(14)12-10/h1-2H,3-4,10H2,(H,11,13)(H,12,14). The Morgan fingerprint density at radius 2 is 2.13 bits per heavy atom. The summed E-state index contributed by atoms with van der Waals surface area (Å²) in [4.78, 5) is 22.8. The Hall–Kier alpha value is -0.920. The van der Waals surface area contributed by atoms with E-state index in [0.29, 0.717) is 13.0 Å². The SMILES string of the molecule is NNC(=O)C(=O)NCCc1ccc(Br)s1. The number of nitrogens with one attached hydrogen (secondary N) is 2. The van der Waals surface area contributed by atoms with Crippen molar-refractivity contribution in [3.05, 3.63) is 20.8 Å². The van der Waals surface area contributed by atoms with E-state index in [4.69, 9.17) is 5.84 Å². The number of hydrogen-bond donors (Lipinski definition) is 3. The highest BCUT2D eigenvalue weighted by atomic mass is 79.9. The summed E-state index contributed by atoms with van der Waals surface area (Å²) in [5.74, 6) is 3.25. The summed E-state index contributed by atoms with van der Waals surface area (Å²) < 4.78 is 1.04. The van der Waals surface area contributed by atoms with Crippen molar-refractivity contribution in [1.82, 2.24) is 10.7 Å². The van der Waals surface area contributed by atoms with E-state index in [1.165, 1.54) is 0 Å². The first-order chi connectivity index (χ1) is 7.13. The van der Waals surface area contributed by atoms with Crippen LogP contribution in [0.1, 0.15) is 4.88 Å². The second-order valence-corrected chi connectivity index (χ2v) is 5.23. The van der Waals surface area contributed by atoms with Crippen LogP contribution >= 0.6 is 27.3 Å². The average Bonchev–Trinajstić information content (AvgIpc) is 2.63. The third-order valence-electron chi connectivity index (χ3n) is 1.62. The molecule has 4 N–H and O–H groups in total. The van der Waals surface area contributed by atoms with Crippen molar-refractivity contribution in [1.29, 1.82) is 0 Å². The molecule has 0 unspecified atom stereocenters. The van der Waals surface area contributed by atoms with Crippen LogP contribution in [0.4, 0.5) is 0 Å². The van der Waals surface area contributed by atoms with Crippen LogP contribution in [-0.2, 0) is 16.0 Å². The van der Waals surface area contributed by atoms with Gasteiger partial charge in [-0.1, -0.05) is 0 Å². The molecule has 1 aromatic rings. The van der Waals surface area contributed by atoms with Crippen molar-refractivity contribution in [2.24, 2.45) is 5.84 Å². The fraction of sp³-hybridized carbons (Fsp3) is 0.250. The van der Waals surface area contributed by atoms with Gasteiger partial charge >= 0.3 is 11.8 Å². The minimum atomic E-state index is -0.831. The number of hydrogen-bond acceptors (Lipinski definition) is 4. The lowest BCUT2D eigenvalue weighted by molar-refractivity contribution is -0.139. The zero-order chi connectivity index (χ0) is 11.3. The maximum Gasteiger partial charge on any atom is 0.323 e. The van der Waals surface area contributed by atoms with Crippen LogP contribution in [0, 0.1) is 0 Å². The van der Waals surface area contributed by atoms with E-state index in [1.807, 2.05) is 12.1 Å². The summed E-state index contributed by atoms with van der Waals surface area (Å²) in [6.45, 7) is 0.416. The molecule has 0 saturated carbocycles. The zero-order valence-corrected chi connectivity index (χ0v) is 10.2. The van der Waals surface area contributed by atoms with Crippen LogP contribution < -0.4 is 16.6 Å². The summed E-state index contributed by atoms with van der Waals surface area (Å²) in [7, 11) is 0. The Labute approximate surface area is 99.1 Å². The van der Waals surface area contributed by atoms with Gasteiger partial charge < -0.3 is 5.32 Å². The van der Waals surface area contributed by atoms with E-state index < -0.39 is 11.8 Å². The molecule has 5 nitrogen and oxygen atoms in total. The Balaban J connectivity index is 2.27. The van der Waals surface area contributed by atoms with Gasteiger partial charge in [0.1, 0.15) is 0 Å². The Bertz CT molecular complexity index is 367. The Morgan fingerprint density at radius 1 is 1.40 bits per heavy atom. The van der Waals surface area contributed by atoms with Gasteiger partial charge in [-0.2, -0.15) is 0 Å². The molecule has 0 aromatic carbocycles. The minimum Gasteiger partial charge on any atom is -0.347 e. The van der Waals surface area contributed by atoms with E-state index in [1.54, 1.807) is 16.8 Å². The van der Waals surface area contributed by atoms with Crippen LogP contribution in [0.2, 0.25) is 0 Å². The van der Waals surface area contributed by atoms with Gasteiger partial charge in [0.05, 0.1) is 3.79 Å². The molecule has 0 aliphatic rings. The fourth-order valence-electron chi connectivity index (χ4n) is 0.931. The van der Waals surface area contributed by atoms with Gasteiger partial charge in [0.2, 0.25) is 0 Å². The van der Waals surface area contributed by atoms with Crippen LogP contribution in [0.25, 0.3) is 0 Å². The summed E-state index contributed by atoms with van der Waals surface area (Å²) >= 11 is 4.93. The topological polar surface area (TPSA) is 84.2 Å². The lowest BCUT2D eigenvalue weighted by Gasteiger charge is -2.01. The predicted octanol–water partition coefficient (Wildman–Crippen LogP) is 0.159. The van der Waals surface area contributed by atoms with E-state index in [9.17, 15) is 9.59 Å². The number of halogens is 1. The van der Waals surface area contributed by atoms with E-state index in [0.717, 1.165) is 8.66 Å². The molecule has 0 radical (unpaired) electrons. The van der Waals surface area contributed by atoms with Crippen molar-refractivity contribution < 1.29 is 9.59 Å². The smallest absolute Gasteiger partial charge is 0.323 e. The fourth-order valence-corrected chi connectivity index (χ4v) is 2.41. The first-order valence-corrected chi connectivity index (χ1v) is 5.77. The largest absolute Gasteiger partial charge is 0.347 e. The molecule has 1 aromatic heterocycles. The van der Waals surface area contributed by atoms with Crippen molar-refractivity contribution in [3.8, 4) is 0 Å². The van der Waals surface area contributed by atoms with Crippen LogP contribution in [0.15, 0.2) is 15.9 Å². The number of hydrazine groups is 1. The van der Waals surface area contributed by atoms with E-state index in [2.05, 4.69) is 21.2 Å². The molecule has 1 heterocycles. The third kappa shape index (κ3) is 3.98. The van der Waals surface area contributed by atoms with Crippen molar-refractivity contribution in [2.75, 3.05) is 6.54 Å². The maximum atomic E-state index is 11.0. The zero-order valence-electron chi connectivity index (χ0n) is 7.75. The average molecular weight is 292 g/mol. The predicted molar refractivity (Wildman–Crippen MR) is 61.1 cm³/mol. The molecule has 0 fully saturated rings. The molecule has 0 aliphatic carbocycles. The molecule has 15 heavy (non-hydrogen) atoms. The lowest BCUT2D eigenvalue weighted by Crippen LogP contribution is -2.43. The molecule has 0 saturated heterocycles. The summed E-state index contributed by atoms with van der Waals surface area (Å²) in [6, 6.07) is 3.90. The first kappa shape index (κ1) is 12.2. The van der Waals surface area contributed by atoms with Crippen LogP contribution in [0.5, 0.6) is 0 Å². The van der Waals surface area contributed by atoms with Crippen LogP contribution in [-0.4, -0.2) is 18.4 Å². The Kier molecular flexibility index (Phi) is 4.73. The number of nitrogens with two attached hydrogens (primary N) is 1. The van der Waals surface area contributed by atoms with Crippen molar-refractivity contribution in [3.63, 3.8) is 0 Å². The monoisotopic (exact) mass is 291 g/mol. The molecule has 0 bridgehead atoms. The van der Waals surface area contributed by atoms with Crippen molar-refractivity contribution >= 4 is 39.1 Å². The van der Waals surface area contributed by atoms with Gasteiger partial charge in [-0.25, -0.2) is 5.84 Å². The molecule has 0 atom stereocenters. The molecule has 0 spiro atoms. The highest BCUT2D eigenvalue weighted by molar-refractivity contribution is 9.11. The number of thiophene rings is 1. The first-order valence-electron chi connectivity index (χ1n) is 4.16. The number of amides is 2. The number of rotatable bonds is 3. The minimum absolute atomic E-state index is 0.416.